The van der Waals surface area contributed by atoms with E-state index in [1.54, 1.807) is 13.0 Å². The Morgan fingerprint density at radius 3 is 2.59 bits per heavy atom. The molecular formula is C14H15ClN2O5. The van der Waals surface area contributed by atoms with E-state index in [1.807, 2.05) is 0 Å². The maximum absolute atomic E-state index is 11.8. The van der Waals surface area contributed by atoms with Crippen molar-refractivity contribution in [1.82, 2.24) is 4.98 Å². The van der Waals surface area contributed by atoms with Crippen molar-refractivity contribution in [3.8, 4) is 0 Å². The third-order valence-electron chi connectivity index (χ3n) is 2.28. The minimum absolute atomic E-state index is 0.200. The van der Waals surface area contributed by atoms with Gasteiger partial charge in [-0.2, -0.15) is 0 Å². The Morgan fingerprint density at radius 2 is 2.00 bits per heavy atom. The molecule has 1 unspecified atom stereocenters. The molecule has 7 nitrogen and oxygen atoms in total. The molecule has 0 fully saturated rings. The first-order chi connectivity index (χ1) is 10.4. The van der Waals surface area contributed by atoms with E-state index in [1.165, 1.54) is 19.2 Å². The fraction of sp³-hybridized carbons (Fsp3) is 0.286. The number of pyridine rings is 1. The molecule has 0 bridgehead atoms. The summed E-state index contributed by atoms with van der Waals surface area (Å²) < 4.78 is 9.44. The maximum atomic E-state index is 11.8. The Labute approximate surface area is 132 Å². The quantitative estimate of drug-likeness (QED) is 0.632. The van der Waals surface area contributed by atoms with E-state index in [4.69, 9.17) is 16.3 Å². The van der Waals surface area contributed by atoms with Crippen LogP contribution in [-0.2, 0) is 23.9 Å². The number of carbonyl (C=O) groups excluding carboxylic acids is 3. The van der Waals surface area contributed by atoms with Crippen LogP contribution in [0.3, 0.4) is 0 Å². The molecule has 0 aromatic carbocycles. The van der Waals surface area contributed by atoms with Crippen LogP contribution in [0, 0.1) is 0 Å². The van der Waals surface area contributed by atoms with E-state index in [-0.39, 0.29) is 12.4 Å². The Hall–Kier alpha value is -2.41. The summed E-state index contributed by atoms with van der Waals surface area (Å²) in [5.41, 5.74) is 0. The summed E-state index contributed by atoms with van der Waals surface area (Å²) in [7, 11) is 0. The number of anilines is 1. The van der Waals surface area contributed by atoms with Crippen molar-refractivity contribution < 1.29 is 23.9 Å². The topological polar surface area (TPSA) is 94.6 Å². The van der Waals surface area contributed by atoms with Crippen LogP contribution in [0.2, 0.25) is 5.02 Å². The van der Waals surface area contributed by atoms with Crippen LogP contribution in [0.25, 0.3) is 0 Å². The molecule has 1 heterocycles. The van der Waals surface area contributed by atoms with Gasteiger partial charge in [0.1, 0.15) is 5.82 Å². The van der Waals surface area contributed by atoms with Gasteiger partial charge in [-0.15, -0.1) is 0 Å². The lowest BCUT2D eigenvalue weighted by atomic mass is 10.3. The largest absolute Gasteiger partial charge is 0.463 e. The summed E-state index contributed by atoms with van der Waals surface area (Å²) in [6.07, 6.45) is 2.13. The van der Waals surface area contributed by atoms with Crippen LogP contribution in [0.15, 0.2) is 30.5 Å². The number of nitrogens with zero attached hydrogens (tertiary/aromatic N) is 1. The van der Waals surface area contributed by atoms with Crippen molar-refractivity contribution in [3.63, 3.8) is 0 Å². The molecule has 0 saturated carbocycles. The van der Waals surface area contributed by atoms with Gasteiger partial charge in [0.2, 0.25) is 0 Å². The molecule has 1 rings (SSSR count). The van der Waals surface area contributed by atoms with Crippen molar-refractivity contribution in [2.45, 2.75) is 20.0 Å². The molecule has 22 heavy (non-hydrogen) atoms. The average molecular weight is 327 g/mol. The lowest BCUT2D eigenvalue weighted by Gasteiger charge is -2.11. The molecular weight excluding hydrogens is 312 g/mol. The first kappa shape index (κ1) is 17.6. The summed E-state index contributed by atoms with van der Waals surface area (Å²) in [5, 5.41) is 2.89. The molecule has 1 aromatic rings. The molecule has 0 aliphatic carbocycles. The van der Waals surface area contributed by atoms with E-state index in [9.17, 15) is 14.4 Å². The highest BCUT2D eigenvalue weighted by atomic mass is 35.5. The number of nitrogens with one attached hydrogen (secondary N) is 1. The van der Waals surface area contributed by atoms with Gasteiger partial charge in [0.05, 0.1) is 11.6 Å². The summed E-state index contributed by atoms with van der Waals surface area (Å²) in [6, 6.07) is 3.07. The number of esters is 2. The minimum Gasteiger partial charge on any atom is -0.463 e. The zero-order valence-corrected chi connectivity index (χ0v) is 12.8. The highest BCUT2D eigenvalue weighted by molar-refractivity contribution is 6.30. The van der Waals surface area contributed by atoms with Crippen molar-refractivity contribution in [3.05, 3.63) is 35.5 Å². The highest BCUT2D eigenvalue weighted by Crippen LogP contribution is 2.10. The van der Waals surface area contributed by atoms with Crippen LogP contribution in [-0.4, -0.2) is 35.5 Å². The predicted molar refractivity (Wildman–Crippen MR) is 79.2 cm³/mol. The number of ether oxygens (including phenoxy) is 2. The Morgan fingerprint density at radius 1 is 1.32 bits per heavy atom. The van der Waals surface area contributed by atoms with Gasteiger partial charge in [-0.1, -0.05) is 11.6 Å². The number of hydrogen-bond donors (Lipinski definition) is 1. The van der Waals surface area contributed by atoms with E-state index < -0.39 is 23.9 Å². The molecule has 0 aliphatic rings. The van der Waals surface area contributed by atoms with Crippen molar-refractivity contribution in [1.29, 1.82) is 0 Å². The molecule has 1 N–H and O–H groups in total. The highest BCUT2D eigenvalue weighted by Gasteiger charge is 2.17. The van der Waals surface area contributed by atoms with Crippen LogP contribution in [0.1, 0.15) is 13.8 Å². The Balaban J connectivity index is 2.48. The van der Waals surface area contributed by atoms with E-state index in [2.05, 4.69) is 15.0 Å². The van der Waals surface area contributed by atoms with Crippen LogP contribution in [0.4, 0.5) is 5.82 Å². The number of rotatable bonds is 6. The number of hydrogen-bond acceptors (Lipinski definition) is 6. The predicted octanol–water partition coefficient (Wildman–Crippen LogP) is 1.72. The molecule has 118 valence electrons. The third kappa shape index (κ3) is 6.36. The monoisotopic (exact) mass is 326 g/mol. The van der Waals surface area contributed by atoms with Gasteiger partial charge in [-0.25, -0.2) is 14.6 Å². The molecule has 1 amide bonds. The number of amides is 1. The Bertz CT molecular complexity index is 571. The van der Waals surface area contributed by atoms with Gasteiger partial charge < -0.3 is 14.8 Å². The number of aromatic nitrogens is 1. The van der Waals surface area contributed by atoms with Gasteiger partial charge in [0, 0.05) is 18.3 Å². The molecule has 0 spiro atoms. The van der Waals surface area contributed by atoms with Crippen molar-refractivity contribution >= 4 is 35.3 Å². The molecule has 8 heteroatoms. The van der Waals surface area contributed by atoms with Crippen molar-refractivity contribution in [2.24, 2.45) is 0 Å². The molecule has 1 atom stereocenters. The van der Waals surface area contributed by atoms with Gasteiger partial charge >= 0.3 is 11.9 Å². The van der Waals surface area contributed by atoms with E-state index in [0.29, 0.717) is 5.02 Å². The summed E-state index contributed by atoms with van der Waals surface area (Å²) >= 11 is 5.67. The fourth-order valence-electron chi connectivity index (χ4n) is 1.27. The standard InChI is InChI=1S/C14H15ClN2O5/c1-3-21-12(18)6-7-13(19)22-9(2)14(20)17-11-5-4-10(15)8-16-11/h4-9H,3H2,1-2H3,(H,16,17,20)/b7-6+. The first-order valence-electron chi connectivity index (χ1n) is 6.40. The Kier molecular flexibility index (Phi) is 7.04. The minimum atomic E-state index is -1.06. The fourth-order valence-corrected chi connectivity index (χ4v) is 1.38. The molecule has 0 aliphatic heterocycles. The zero-order chi connectivity index (χ0) is 16.5. The average Bonchev–Trinajstić information content (AvgIpc) is 2.47. The lowest BCUT2D eigenvalue weighted by molar-refractivity contribution is -0.148. The SMILES string of the molecule is CCOC(=O)/C=C/C(=O)OC(C)C(=O)Nc1ccc(Cl)cn1. The van der Waals surface area contributed by atoms with Crippen LogP contribution in [0.5, 0.6) is 0 Å². The summed E-state index contributed by atoms with van der Waals surface area (Å²) in [6.45, 7) is 3.23. The number of carbonyl (C=O) groups is 3. The smallest absolute Gasteiger partial charge is 0.331 e. The molecule has 1 aromatic heterocycles. The van der Waals surface area contributed by atoms with Gasteiger partial charge in [0.25, 0.3) is 5.91 Å². The normalized spacial score (nSPS) is 11.8. The third-order valence-corrected chi connectivity index (χ3v) is 2.51. The second-order valence-corrected chi connectivity index (χ2v) is 4.45. The lowest BCUT2D eigenvalue weighted by Crippen LogP contribution is -2.29. The second kappa shape index (κ2) is 8.78. The van der Waals surface area contributed by atoms with E-state index in [0.717, 1.165) is 12.2 Å². The number of halogens is 1. The first-order valence-corrected chi connectivity index (χ1v) is 6.78. The summed E-state index contributed by atoms with van der Waals surface area (Å²) in [4.78, 5) is 38.1. The van der Waals surface area contributed by atoms with Crippen molar-refractivity contribution in [2.75, 3.05) is 11.9 Å². The van der Waals surface area contributed by atoms with Gasteiger partial charge in [0.15, 0.2) is 6.10 Å². The van der Waals surface area contributed by atoms with Gasteiger partial charge in [-0.3, -0.25) is 4.79 Å². The summed E-state index contributed by atoms with van der Waals surface area (Å²) in [5.74, 6) is -1.78. The zero-order valence-electron chi connectivity index (χ0n) is 12.0. The molecule has 0 saturated heterocycles. The second-order valence-electron chi connectivity index (χ2n) is 4.02. The van der Waals surface area contributed by atoms with Crippen LogP contribution < -0.4 is 5.32 Å². The molecule has 0 radical (unpaired) electrons. The van der Waals surface area contributed by atoms with Gasteiger partial charge in [-0.05, 0) is 26.0 Å². The van der Waals surface area contributed by atoms with Crippen LogP contribution >= 0.6 is 11.6 Å². The maximum Gasteiger partial charge on any atom is 0.331 e. The van der Waals surface area contributed by atoms with E-state index >= 15 is 0 Å².